The molecular formula is C14H16N2O3S2. The van der Waals surface area contributed by atoms with Gasteiger partial charge in [-0.2, -0.15) is 11.3 Å². The van der Waals surface area contributed by atoms with Gasteiger partial charge in [-0.3, -0.25) is 9.78 Å². The van der Waals surface area contributed by atoms with Gasteiger partial charge in [0.25, 0.3) is 0 Å². The van der Waals surface area contributed by atoms with E-state index in [1.54, 1.807) is 40.8 Å². The molecule has 0 bridgehead atoms. The Morgan fingerprint density at radius 1 is 1.38 bits per heavy atom. The maximum atomic E-state index is 12.4. The average Bonchev–Trinajstić information content (AvgIpc) is 2.95. The van der Waals surface area contributed by atoms with Crippen LogP contribution < -0.4 is 4.90 Å². The molecule has 2 rings (SSSR count). The lowest BCUT2D eigenvalue weighted by molar-refractivity contribution is -0.118. The Morgan fingerprint density at radius 3 is 2.76 bits per heavy atom. The highest BCUT2D eigenvalue weighted by molar-refractivity contribution is 7.90. The van der Waals surface area contributed by atoms with Crippen LogP contribution in [-0.4, -0.2) is 31.3 Å². The van der Waals surface area contributed by atoms with Crippen molar-refractivity contribution in [3.8, 4) is 0 Å². The molecule has 0 saturated heterocycles. The molecule has 2 aromatic rings. The van der Waals surface area contributed by atoms with Crippen molar-refractivity contribution in [3.05, 3.63) is 46.9 Å². The fourth-order valence-electron chi connectivity index (χ4n) is 1.81. The lowest BCUT2D eigenvalue weighted by Gasteiger charge is -2.22. The van der Waals surface area contributed by atoms with Gasteiger partial charge in [-0.15, -0.1) is 0 Å². The molecule has 0 aromatic carbocycles. The van der Waals surface area contributed by atoms with Crippen molar-refractivity contribution in [2.24, 2.45) is 0 Å². The van der Waals surface area contributed by atoms with Gasteiger partial charge in [0.05, 0.1) is 24.2 Å². The lowest BCUT2D eigenvalue weighted by Crippen LogP contribution is -2.31. The van der Waals surface area contributed by atoms with Crippen LogP contribution in [0, 0.1) is 0 Å². The second-order valence-corrected chi connectivity index (χ2v) is 7.74. The third kappa shape index (κ3) is 4.95. The number of sulfone groups is 1. The average molecular weight is 324 g/mol. The van der Waals surface area contributed by atoms with Crippen LogP contribution in [0.2, 0.25) is 0 Å². The van der Waals surface area contributed by atoms with Crippen LogP contribution >= 0.6 is 11.3 Å². The van der Waals surface area contributed by atoms with Crippen molar-refractivity contribution in [1.82, 2.24) is 4.98 Å². The number of rotatable bonds is 6. The van der Waals surface area contributed by atoms with Gasteiger partial charge >= 0.3 is 0 Å². The molecule has 5 nitrogen and oxygen atoms in total. The molecular weight excluding hydrogens is 308 g/mol. The Morgan fingerprint density at radius 2 is 2.19 bits per heavy atom. The van der Waals surface area contributed by atoms with Gasteiger partial charge in [-0.25, -0.2) is 8.42 Å². The Labute approximate surface area is 128 Å². The summed E-state index contributed by atoms with van der Waals surface area (Å²) < 4.78 is 22.5. The van der Waals surface area contributed by atoms with Gasteiger partial charge < -0.3 is 4.90 Å². The van der Waals surface area contributed by atoms with Crippen molar-refractivity contribution in [2.75, 3.05) is 16.9 Å². The number of anilines is 1. The highest BCUT2D eigenvalue weighted by Crippen LogP contribution is 2.18. The molecule has 0 aliphatic heterocycles. The molecule has 112 valence electrons. The van der Waals surface area contributed by atoms with Crippen molar-refractivity contribution in [3.63, 3.8) is 0 Å². The van der Waals surface area contributed by atoms with Crippen molar-refractivity contribution < 1.29 is 13.2 Å². The fraction of sp³-hybridized carbons (Fsp3) is 0.286. The molecule has 0 fully saturated rings. The normalized spacial score (nSPS) is 11.3. The summed E-state index contributed by atoms with van der Waals surface area (Å²) in [7, 11) is -3.16. The second kappa shape index (κ2) is 6.82. The molecule has 1 amide bonds. The first kappa shape index (κ1) is 15.7. The second-order valence-electron chi connectivity index (χ2n) is 4.70. The van der Waals surface area contributed by atoms with E-state index in [1.165, 1.54) is 0 Å². The third-order valence-electron chi connectivity index (χ3n) is 2.87. The monoisotopic (exact) mass is 324 g/mol. The number of amides is 1. The number of thiophene rings is 1. The Kier molecular flexibility index (Phi) is 5.08. The minimum absolute atomic E-state index is 0.0299. The fourth-order valence-corrected chi connectivity index (χ4v) is 3.01. The number of pyridine rings is 1. The van der Waals surface area contributed by atoms with Crippen LogP contribution in [0.4, 0.5) is 5.69 Å². The lowest BCUT2D eigenvalue weighted by atomic mass is 10.2. The maximum Gasteiger partial charge on any atom is 0.228 e. The molecule has 0 radical (unpaired) electrons. The SMILES string of the molecule is CS(=O)(=O)CCC(=O)N(Cc1ccsc1)c1cccnc1. The van der Waals surface area contributed by atoms with E-state index in [9.17, 15) is 13.2 Å². The Hall–Kier alpha value is -1.73. The zero-order valence-corrected chi connectivity index (χ0v) is 13.2. The zero-order chi connectivity index (χ0) is 15.3. The highest BCUT2D eigenvalue weighted by Gasteiger charge is 2.18. The van der Waals surface area contributed by atoms with Crippen molar-refractivity contribution in [2.45, 2.75) is 13.0 Å². The predicted molar refractivity (Wildman–Crippen MR) is 84.1 cm³/mol. The van der Waals surface area contributed by atoms with E-state index in [2.05, 4.69) is 4.98 Å². The van der Waals surface area contributed by atoms with E-state index >= 15 is 0 Å². The first-order chi connectivity index (χ1) is 9.96. The summed E-state index contributed by atoms with van der Waals surface area (Å²) >= 11 is 1.56. The third-order valence-corrected chi connectivity index (χ3v) is 4.54. The Balaban J connectivity index is 2.17. The number of carbonyl (C=O) groups excluding carboxylic acids is 1. The summed E-state index contributed by atoms with van der Waals surface area (Å²) in [6, 6.07) is 5.48. The first-order valence-electron chi connectivity index (χ1n) is 6.35. The van der Waals surface area contributed by atoms with Crippen LogP contribution in [0.5, 0.6) is 0 Å². The number of hydrogen-bond donors (Lipinski definition) is 0. The van der Waals surface area contributed by atoms with E-state index in [4.69, 9.17) is 0 Å². The summed E-state index contributed by atoms with van der Waals surface area (Å²) in [5.41, 5.74) is 1.68. The molecule has 21 heavy (non-hydrogen) atoms. The minimum Gasteiger partial charge on any atom is -0.306 e. The molecule has 7 heteroatoms. The first-order valence-corrected chi connectivity index (χ1v) is 9.35. The molecule has 2 heterocycles. The molecule has 0 aliphatic carbocycles. The Bertz CT molecular complexity index is 682. The highest BCUT2D eigenvalue weighted by atomic mass is 32.2. The molecule has 0 aliphatic rings. The van der Waals surface area contributed by atoms with E-state index in [0.717, 1.165) is 11.8 Å². The number of aromatic nitrogens is 1. The maximum absolute atomic E-state index is 12.4. The van der Waals surface area contributed by atoms with Crippen LogP contribution in [0.1, 0.15) is 12.0 Å². The van der Waals surface area contributed by atoms with Crippen molar-refractivity contribution >= 4 is 32.8 Å². The standard InChI is InChI=1S/C14H16N2O3S2/c1-21(18,19)8-5-14(17)16(10-12-4-7-20-11-12)13-3-2-6-15-9-13/h2-4,6-7,9,11H,5,8,10H2,1H3. The van der Waals surface area contributed by atoms with Gasteiger partial charge in [0.15, 0.2) is 0 Å². The van der Waals surface area contributed by atoms with Gasteiger partial charge in [0.1, 0.15) is 9.84 Å². The largest absolute Gasteiger partial charge is 0.306 e. The van der Waals surface area contributed by atoms with Gasteiger partial charge in [0.2, 0.25) is 5.91 Å². The van der Waals surface area contributed by atoms with E-state index in [-0.39, 0.29) is 18.1 Å². The molecule has 0 saturated carbocycles. The molecule has 0 unspecified atom stereocenters. The minimum atomic E-state index is -3.16. The quantitative estimate of drug-likeness (QED) is 0.816. The zero-order valence-electron chi connectivity index (χ0n) is 11.6. The summed E-state index contributed by atoms with van der Waals surface area (Å²) in [6.45, 7) is 0.414. The topological polar surface area (TPSA) is 67.3 Å². The predicted octanol–water partition coefficient (Wildman–Crippen LogP) is 2.11. The van der Waals surface area contributed by atoms with Gasteiger partial charge in [-0.05, 0) is 34.5 Å². The van der Waals surface area contributed by atoms with Crippen LogP contribution in [-0.2, 0) is 21.2 Å². The summed E-state index contributed by atoms with van der Waals surface area (Å²) in [5, 5.41) is 3.91. The van der Waals surface area contributed by atoms with E-state index in [1.807, 2.05) is 16.8 Å². The summed E-state index contributed by atoms with van der Waals surface area (Å²) in [5.74, 6) is -0.369. The molecule has 2 aromatic heterocycles. The number of nitrogens with zero attached hydrogens (tertiary/aromatic N) is 2. The van der Waals surface area contributed by atoms with Gasteiger partial charge in [-0.1, -0.05) is 0 Å². The van der Waals surface area contributed by atoms with Crippen LogP contribution in [0.25, 0.3) is 0 Å². The van der Waals surface area contributed by atoms with Crippen molar-refractivity contribution in [1.29, 1.82) is 0 Å². The summed E-state index contributed by atoms with van der Waals surface area (Å²) in [6.07, 6.45) is 4.34. The molecule has 0 spiro atoms. The van der Waals surface area contributed by atoms with Gasteiger partial charge in [0, 0.05) is 18.9 Å². The smallest absolute Gasteiger partial charge is 0.228 e. The summed E-state index contributed by atoms with van der Waals surface area (Å²) in [4.78, 5) is 17.9. The van der Waals surface area contributed by atoms with E-state index < -0.39 is 9.84 Å². The van der Waals surface area contributed by atoms with E-state index in [0.29, 0.717) is 12.2 Å². The van der Waals surface area contributed by atoms with Crippen LogP contribution in [0.3, 0.4) is 0 Å². The molecule has 0 atom stereocenters. The van der Waals surface area contributed by atoms with Crippen LogP contribution in [0.15, 0.2) is 41.4 Å². The number of hydrogen-bond acceptors (Lipinski definition) is 5. The molecule has 0 N–H and O–H groups in total. The number of carbonyl (C=O) groups is 1.